The number of aliphatic hydroxyl groups is 1. The van der Waals surface area contributed by atoms with Crippen LogP contribution < -0.4 is 0 Å². The molecule has 0 aromatic carbocycles. The SMILES string of the molecule is CC(O)S.[Ca]. The summed E-state index contributed by atoms with van der Waals surface area (Å²) in [5.41, 5.74) is -0.472. The largest absolute Gasteiger partial charge is 0.383 e. The zero-order valence-electron chi connectivity index (χ0n) is 3.18. The maximum absolute atomic E-state index is 7.92. The molecule has 0 heterocycles. The topological polar surface area (TPSA) is 20.2 Å². The van der Waals surface area contributed by atoms with E-state index in [0.29, 0.717) is 0 Å². The molecule has 3 heteroatoms. The first-order chi connectivity index (χ1) is 1.73. The van der Waals surface area contributed by atoms with Gasteiger partial charge in [0.25, 0.3) is 0 Å². The summed E-state index contributed by atoms with van der Waals surface area (Å²) in [7, 11) is 0. The molecule has 0 aromatic heterocycles. The standard InChI is InChI=1S/C2H6OS.Ca/c1-2(3)4;/h2-4H,1H3;. The summed E-state index contributed by atoms with van der Waals surface area (Å²) in [6, 6.07) is 0. The van der Waals surface area contributed by atoms with E-state index in [1.54, 1.807) is 6.92 Å². The van der Waals surface area contributed by atoms with Gasteiger partial charge in [-0.15, -0.1) is 12.6 Å². The van der Waals surface area contributed by atoms with E-state index < -0.39 is 5.44 Å². The van der Waals surface area contributed by atoms with Crippen molar-refractivity contribution >= 4 is 50.4 Å². The summed E-state index contributed by atoms with van der Waals surface area (Å²) >= 11 is 3.52. The molecule has 0 aromatic rings. The predicted molar refractivity (Wildman–Crippen MR) is 26.4 cm³/mol. The second-order valence-electron chi connectivity index (χ2n) is 0.632. The quantitative estimate of drug-likeness (QED) is 0.258. The van der Waals surface area contributed by atoms with Gasteiger partial charge in [-0.3, -0.25) is 0 Å². The molecule has 0 amide bonds. The van der Waals surface area contributed by atoms with E-state index in [4.69, 9.17) is 5.11 Å². The number of aliphatic hydroxyl groups excluding tert-OH is 1. The molecule has 0 saturated carbocycles. The van der Waals surface area contributed by atoms with Crippen molar-refractivity contribution in [2.45, 2.75) is 12.4 Å². The molecule has 1 atom stereocenters. The zero-order chi connectivity index (χ0) is 3.58. The molecule has 5 heavy (non-hydrogen) atoms. The fraction of sp³-hybridized carbons (Fsp3) is 1.00. The molecule has 0 fully saturated rings. The fourth-order valence-electron chi connectivity index (χ4n) is 0. The van der Waals surface area contributed by atoms with Crippen molar-refractivity contribution < 1.29 is 5.11 Å². The minimum absolute atomic E-state index is 0. The van der Waals surface area contributed by atoms with Crippen molar-refractivity contribution in [1.29, 1.82) is 0 Å². The van der Waals surface area contributed by atoms with Gasteiger partial charge < -0.3 is 5.11 Å². The first kappa shape index (κ1) is 9.76. The Kier molecular flexibility index (Phi) is 10.9. The van der Waals surface area contributed by atoms with E-state index in [1.165, 1.54) is 0 Å². The number of thiol groups is 1. The van der Waals surface area contributed by atoms with E-state index in [1.807, 2.05) is 0 Å². The summed E-state index contributed by atoms with van der Waals surface area (Å²) in [6.07, 6.45) is 0. The molecule has 1 nitrogen and oxygen atoms in total. The minimum Gasteiger partial charge on any atom is -0.383 e. The van der Waals surface area contributed by atoms with Gasteiger partial charge in [0.05, 0.1) is 5.44 Å². The molecule has 0 aliphatic heterocycles. The van der Waals surface area contributed by atoms with Gasteiger partial charge >= 0.3 is 0 Å². The molecule has 2 radical (unpaired) electrons. The predicted octanol–water partition coefficient (Wildman–Crippen LogP) is -0.126. The van der Waals surface area contributed by atoms with E-state index in [0.717, 1.165) is 0 Å². The molecular weight excluding hydrogens is 112 g/mol. The molecule has 1 unspecified atom stereocenters. The van der Waals surface area contributed by atoms with Crippen molar-refractivity contribution in [3.8, 4) is 0 Å². The van der Waals surface area contributed by atoms with E-state index in [2.05, 4.69) is 12.6 Å². The maximum atomic E-state index is 7.92. The molecule has 0 saturated heterocycles. The molecule has 28 valence electrons. The third-order valence-electron chi connectivity index (χ3n) is 0. The summed E-state index contributed by atoms with van der Waals surface area (Å²) in [5, 5.41) is 7.92. The second kappa shape index (κ2) is 5.57. The Morgan fingerprint density at radius 2 is 1.80 bits per heavy atom. The fourth-order valence-corrected chi connectivity index (χ4v) is 0. The average molecular weight is 118 g/mol. The number of hydrogen-bond donors (Lipinski definition) is 2. The smallest absolute Gasteiger partial charge is 0.0936 e. The van der Waals surface area contributed by atoms with Crippen LogP contribution in [0.1, 0.15) is 6.92 Å². The van der Waals surface area contributed by atoms with Crippen LogP contribution in [0.25, 0.3) is 0 Å². The van der Waals surface area contributed by atoms with Gasteiger partial charge in [0.1, 0.15) is 0 Å². The van der Waals surface area contributed by atoms with Crippen molar-refractivity contribution in [2.75, 3.05) is 0 Å². The summed E-state index contributed by atoms with van der Waals surface area (Å²) in [5.74, 6) is 0. The van der Waals surface area contributed by atoms with Crippen LogP contribution in [0.2, 0.25) is 0 Å². The van der Waals surface area contributed by atoms with Gasteiger partial charge in [-0.05, 0) is 6.92 Å². The first-order valence-corrected chi connectivity index (χ1v) is 1.61. The Labute approximate surface area is 67.2 Å². The Hall–Kier alpha value is 1.57. The number of rotatable bonds is 0. The zero-order valence-corrected chi connectivity index (χ0v) is 6.28. The minimum atomic E-state index is -0.472. The Balaban J connectivity index is 0. The van der Waals surface area contributed by atoms with Gasteiger partial charge in [-0.1, -0.05) is 0 Å². The summed E-state index contributed by atoms with van der Waals surface area (Å²) in [6.45, 7) is 1.59. The van der Waals surface area contributed by atoms with Crippen LogP contribution >= 0.6 is 12.6 Å². The van der Waals surface area contributed by atoms with Crippen LogP contribution in [-0.2, 0) is 0 Å². The van der Waals surface area contributed by atoms with Gasteiger partial charge in [0, 0.05) is 37.7 Å². The molecule has 0 bridgehead atoms. The molecule has 0 aliphatic carbocycles. The third kappa shape index (κ3) is 28.8. The van der Waals surface area contributed by atoms with E-state index in [-0.39, 0.29) is 37.7 Å². The van der Waals surface area contributed by atoms with Crippen LogP contribution in [-0.4, -0.2) is 48.3 Å². The molecule has 1 N–H and O–H groups in total. The molecular formula is C2H6CaOS. The van der Waals surface area contributed by atoms with Crippen molar-refractivity contribution in [3.05, 3.63) is 0 Å². The molecule has 0 rings (SSSR count). The number of hydrogen-bond acceptors (Lipinski definition) is 2. The van der Waals surface area contributed by atoms with Gasteiger partial charge in [0.2, 0.25) is 0 Å². The van der Waals surface area contributed by atoms with Crippen LogP contribution in [0.5, 0.6) is 0 Å². The summed E-state index contributed by atoms with van der Waals surface area (Å²) < 4.78 is 0. The second-order valence-corrected chi connectivity index (χ2v) is 1.38. The van der Waals surface area contributed by atoms with Crippen molar-refractivity contribution in [2.24, 2.45) is 0 Å². The Morgan fingerprint density at radius 3 is 1.80 bits per heavy atom. The van der Waals surface area contributed by atoms with Crippen molar-refractivity contribution in [1.82, 2.24) is 0 Å². The van der Waals surface area contributed by atoms with Crippen LogP contribution in [0.4, 0.5) is 0 Å². The third-order valence-corrected chi connectivity index (χ3v) is 0. The van der Waals surface area contributed by atoms with Gasteiger partial charge in [-0.2, -0.15) is 0 Å². The first-order valence-electron chi connectivity index (χ1n) is 1.09. The Morgan fingerprint density at radius 1 is 1.80 bits per heavy atom. The van der Waals surface area contributed by atoms with Gasteiger partial charge in [-0.25, -0.2) is 0 Å². The molecule has 0 aliphatic rings. The monoisotopic (exact) mass is 118 g/mol. The molecule has 0 spiro atoms. The normalized spacial score (nSPS) is 12.6. The van der Waals surface area contributed by atoms with Gasteiger partial charge in [0.15, 0.2) is 0 Å². The van der Waals surface area contributed by atoms with Crippen molar-refractivity contribution in [3.63, 3.8) is 0 Å². The Bertz CT molecular complexity index is 14.4. The van der Waals surface area contributed by atoms with Crippen LogP contribution in [0.15, 0.2) is 0 Å². The van der Waals surface area contributed by atoms with Crippen LogP contribution in [0.3, 0.4) is 0 Å². The van der Waals surface area contributed by atoms with E-state index >= 15 is 0 Å². The van der Waals surface area contributed by atoms with E-state index in [9.17, 15) is 0 Å². The summed E-state index contributed by atoms with van der Waals surface area (Å²) in [4.78, 5) is 0. The maximum Gasteiger partial charge on any atom is 0.0936 e. The average Bonchev–Trinajstić information content (AvgIpc) is 0.811. The van der Waals surface area contributed by atoms with Crippen LogP contribution in [0, 0.1) is 0 Å².